The number of primary sulfonamides is 1. The van der Waals surface area contributed by atoms with Gasteiger partial charge in [0.25, 0.3) is 0 Å². The molecule has 4 aromatic rings. The van der Waals surface area contributed by atoms with E-state index in [-0.39, 0.29) is 17.2 Å². The van der Waals surface area contributed by atoms with Gasteiger partial charge in [-0.2, -0.15) is 0 Å². The Kier molecular flexibility index (Phi) is 6.51. The maximum atomic E-state index is 12.4. The number of nitrogens with zero attached hydrogens (tertiary/aromatic N) is 3. The minimum atomic E-state index is -3.79. The molecular weight excluding hydrogens is 466 g/mol. The van der Waals surface area contributed by atoms with Crippen LogP contribution in [0.1, 0.15) is 12.2 Å². The van der Waals surface area contributed by atoms with Gasteiger partial charge in [0.1, 0.15) is 10.9 Å². The number of rotatable bonds is 7. The van der Waals surface area contributed by atoms with Crippen LogP contribution in [0.15, 0.2) is 64.5 Å². The molecule has 0 aliphatic rings. The molecule has 2 aromatic carbocycles. The molecule has 2 aromatic heterocycles. The summed E-state index contributed by atoms with van der Waals surface area (Å²) >= 11 is 2.68. The number of fused-ring (bicyclic) bond motifs is 1. The van der Waals surface area contributed by atoms with Crippen molar-refractivity contribution in [1.29, 1.82) is 0 Å². The average molecular weight is 486 g/mol. The summed E-state index contributed by atoms with van der Waals surface area (Å²) < 4.78 is 23.6. The van der Waals surface area contributed by atoms with Crippen LogP contribution in [0.4, 0.5) is 5.13 Å². The Morgan fingerprint density at radius 3 is 2.62 bits per heavy atom. The van der Waals surface area contributed by atoms with E-state index >= 15 is 0 Å². The molecule has 0 saturated heterocycles. The van der Waals surface area contributed by atoms with Gasteiger partial charge in [0.05, 0.1) is 20.8 Å². The zero-order valence-corrected chi connectivity index (χ0v) is 19.4. The molecule has 3 N–H and O–H groups in total. The second-order valence-electron chi connectivity index (χ2n) is 6.84. The monoisotopic (exact) mass is 485 g/mol. The molecule has 32 heavy (non-hydrogen) atoms. The van der Waals surface area contributed by atoms with Crippen molar-refractivity contribution >= 4 is 54.4 Å². The molecule has 8 nitrogen and oxygen atoms in total. The number of sulfonamides is 1. The van der Waals surface area contributed by atoms with Crippen LogP contribution in [0.25, 0.3) is 21.5 Å². The van der Waals surface area contributed by atoms with Crippen LogP contribution >= 0.6 is 23.1 Å². The van der Waals surface area contributed by atoms with Crippen LogP contribution in [0.3, 0.4) is 0 Å². The summed E-state index contributed by atoms with van der Waals surface area (Å²) in [6, 6.07) is 16.2. The molecule has 11 heteroatoms. The molecule has 2 heterocycles. The van der Waals surface area contributed by atoms with Crippen molar-refractivity contribution in [3.05, 3.63) is 60.4 Å². The van der Waals surface area contributed by atoms with Gasteiger partial charge in [-0.25, -0.2) is 28.5 Å². The third-order valence-electron chi connectivity index (χ3n) is 4.40. The Labute approximate surface area is 193 Å². The third kappa shape index (κ3) is 5.49. The summed E-state index contributed by atoms with van der Waals surface area (Å²) in [7, 11) is -3.79. The highest BCUT2D eigenvalue weighted by Crippen LogP contribution is 2.28. The molecule has 0 radical (unpaired) electrons. The second kappa shape index (κ2) is 9.33. The van der Waals surface area contributed by atoms with Gasteiger partial charge in [-0.3, -0.25) is 4.79 Å². The number of amides is 1. The number of nitrogens with one attached hydrogen (secondary N) is 1. The van der Waals surface area contributed by atoms with Crippen molar-refractivity contribution in [3.63, 3.8) is 0 Å². The van der Waals surface area contributed by atoms with Crippen molar-refractivity contribution in [3.8, 4) is 11.3 Å². The molecule has 4 rings (SSSR count). The Hall–Kier alpha value is -2.86. The molecule has 0 atom stereocenters. The third-order valence-corrected chi connectivity index (χ3v) is 7.16. The van der Waals surface area contributed by atoms with Crippen LogP contribution in [0.5, 0.6) is 0 Å². The van der Waals surface area contributed by atoms with E-state index in [9.17, 15) is 13.2 Å². The molecule has 1 amide bonds. The van der Waals surface area contributed by atoms with E-state index in [2.05, 4.69) is 20.3 Å². The number of hydrogen-bond donors (Lipinski definition) is 2. The Balaban J connectivity index is 1.37. The van der Waals surface area contributed by atoms with E-state index in [1.807, 2.05) is 43.3 Å². The Bertz CT molecular complexity index is 1390. The topological polar surface area (TPSA) is 128 Å². The number of benzene rings is 2. The van der Waals surface area contributed by atoms with E-state index in [0.717, 1.165) is 16.3 Å². The van der Waals surface area contributed by atoms with Gasteiger partial charge in [-0.15, -0.1) is 11.8 Å². The Morgan fingerprint density at radius 1 is 1.09 bits per heavy atom. The highest BCUT2D eigenvalue weighted by Gasteiger charge is 2.13. The number of aryl methyl sites for hydroxylation is 1. The van der Waals surface area contributed by atoms with Gasteiger partial charge in [0.15, 0.2) is 5.13 Å². The van der Waals surface area contributed by atoms with Crippen LogP contribution < -0.4 is 10.5 Å². The lowest BCUT2D eigenvalue weighted by atomic mass is 10.1. The fourth-order valence-electron chi connectivity index (χ4n) is 2.94. The predicted octanol–water partition coefficient (Wildman–Crippen LogP) is 3.83. The minimum Gasteiger partial charge on any atom is -0.302 e. The van der Waals surface area contributed by atoms with Crippen molar-refractivity contribution in [2.45, 2.75) is 23.3 Å². The van der Waals surface area contributed by atoms with E-state index < -0.39 is 10.0 Å². The van der Waals surface area contributed by atoms with Crippen molar-refractivity contribution < 1.29 is 13.2 Å². The normalized spacial score (nSPS) is 11.6. The largest absolute Gasteiger partial charge is 0.302 e. The maximum absolute atomic E-state index is 12.4. The maximum Gasteiger partial charge on any atom is 0.238 e. The quantitative estimate of drug-likeness (QED) is 0.301. The fraction of sp³-hybridized carbons (Fsp3) is 0.143. The summed E-state index contributed by atoms with van der Waals surface area (Å²) in [4.78, 5) is 25.6. The van der Waals surface area contributed by atoms with Gasteiger partial charge in [-0.05, 0) is 31.2 Å². The molecule has 0 unspecified atom stereocenters. The molecule has 0 aliphatic heterocycles. The van der Waals surface area contributed by atoms with Gasteiger partial charge >= 0.3 is 0 Å². The lowest BCUT2D eigenvalue weighted by Crippen LogP contribution is -2.12. The zero-order chi connectivity index (χ0) is 22.7. The molecule has 0 fully saturated rings. The number of thioether (sulfide) groups is 1. The van der Waals surface area contributed by atoms with E-state index in [0.29, 0.717) is 26.9 Å². The van der Waals surface area contributed by atoms with Gasteiger partial charge in [0.2, 0.25) is 15.9 Å². The highest BCUT2D eigenvalue weighted by molar-refractivity contribution is 7.99. The lowest BCUT2D eigenvalue weighted by Gasteiger charge is -2.06. The first-order chi connectivity index (χ1) is 15.3. The number of hydrogen-bond acceptors (Lipinski definition) is 8. The minimum absolute atomic E-state index is 0.0120. The molecule has 0 bridgehead atoms. The molecule has 0 spiro atoms. The van der Waals surface area contributed by atoms with Crippen molar-refractivity contribution in [2.75, 3.05) is 11.1 Å². The summed E-state index contributed by atoms with van der Waals surface area (Å²) in [5.41, 5.74) is 2.45. The standard InChI is InChI=1S/C21H19N5O3S3/c1-13-23-17(14-5-3-2-4-6-14)12-20(24-13)30-10-9-19(27)26-21-25-16-8-7-15(32(22,28)29)11-18(16)31-21/h2-8,11-12H,9-10H2,1H3,(H2,22,28,29)(H,25,26,27). The number of carbonyl (C=O) groups is 1. The summed E-state index contributed by atoms with van der Waals surface area (Å²) in [6.07, 6.45) is 0.271. The Morgan fingerprint density at radius 2 is 1.88 bits per heavy atom. The number of aromatic nitrogens is 3. The summed E-state index contributed by atoms with van der Waals surface area (Å²) in [5.74, 6) is 1.03. The van der Waals surface area contributed by atoms with Gasteiger partial charge in [-0.1, -0.05) is 41.7 Å². The second-order valence-corrected chi connectivity index (χ2v) is 10.6. The van der Waals surface area contributed by atoms with Gasteiger partial charge in [0, 0.05) is 17.7 Å². The summed E-state index contributed by atoms with van der Waals surface area (Å²) in [5, 5.41) is 9.14. The molecule has 164 valence electrons. The van der Waals surface area contributed by atoms with Crippen LogP contribution in [-0.2, 0) is 14.8 Å². The van der Waals surface area contributed by atoms with E-state index in [1.54, 1.807) is 6.07 Å². The van der Waals surface area contributed by atoms with Crippen LogP contribution in [0.2, 0.25) is 0 Å². The number of thiazole rings is 1. The SMILES string of the molecule is Cc1nc(SCCC(=O)Nc2nc3ccc(S(N)(=O)=O)cc3s2)cc(-c2ccccc2)n1. The number of carbonyl (C=O) groups excluding carboxylic acids is 1. The summed E-state index contributed by atoms with van der Waals surface area (Å²) in [6.45, 7) is 1.84. The average Bonchev–Trinajstić information content (AvgIpc) is 3.14. The van der Waals surface area contributed by atoms with E-state index in [4.69, 9.17) is 5.14 Å². The first-order valence-corrected chi connectivity index (χ1v) is 12.9. The van der Waals surface area contributed by atoms with Crippen molar-refractivity contribution in [1.82, 2.24) is 15.0 Å². The molecule has 0 aliphatic carbocycles. The van der Waals surface area contributed by atoms with Crippen LogP contribution in [0, 0.1) is 6.92 Å². The first kappa shape index (κ1) is 22.3. The molecule has 0 saturated carbocycles. The highest BCUT2D eigenvalue weighted by atomic mass is 32.2. The number of nitrogens with two attached hydrogens (primary N) is 1. The zero-order valence-electron chi connectivity index (χ0n) is 17.0. The lowest BCUT2D eigenvalue weighted by molar-refractivity contribution is -0.115. The van der Waals surface area contributed by atoms with Crippen molar-refractivity contribution in [2.24, 2.45) is 5.14 Å². The molecular formula is C21H19N5O3S3. The number of anilines is 1. The fourth-order valence-corrected chi connectivity index (χ4v) is 5.36. The predicted molar refractivity (Wildman–Crippen MR) is 127 cm³/mol. The van der Waals surface area contributed by atoms with Gasteiger partial charge < -0.3 is 5.32 Å². The van der Waals surface area contributed by atoms with Crippen LogP contribution in [-0.4, -0.2) is 35.0 Å². The smallest absolute Gasteiger partial charge is 0.238 e. The van der Waals surface area contributed by atoms with E-state index in [1.165, 1.54) is 35.2 Å². The first-order valence-electron chi connectivity index (χ1n) is 9.55.